The Kier molecular flexibility index (Phi) is 6.09. The standard InChI is InChI=1S/C17H25IN2O2/c1-17(2,3)22-16(21)20-12-10-19(11-13-20)9-8-14-4-6-15(18)7-5-14/h4-7H,8-13H2,1-3H3. The van der Waals surface area contributed by atoms with Crippen LogP contribution in [0.2, 0.25) is 0 Å². The van der Waals surface area contributed by atoms with Gasteiger partial charge in [0, 0.05) is 36.3 Å². The number of carbonyl (C=O) groups excluding carboxylic acids is 1. The smallest absolute Gasteiger partial charge is 0.410 e. The lowest BCUT2D eigenvalue weighted by Gasteiger charge is -2.35. The van der Waals surface area contributed by atoms with Crippen LogP contribution in [0.3, 0.4) is 0 Å². The first-order valence-electron chi connectivity index (χ1n) is 7.78. The van der Waals surface area contributed by atoms with Crippen molar-refractivity contribution in [2.24, 2.45) is 0 Å². The molecule has 0 aromatic heterocycles. The summed E-state index contributed by atoms with van der Waals surface area (Å²) in [7, 11) is 0. The molecule has 22 heavy (non-hydrogen) atoms. The van der Waals surface area contributed by atoms with E-state index in [1.54, 1.807) is 0 Å². The Balaban J connectivity index is 1.73. The van der Waals surface area contributed by atoms with Crippen LogP contribution in [0, 0.1) is 3.57 Å². The third kappa shape index (κ3) is 5.76. The highest BCUT2D eigenvalue weighted by Gasteiger charge is 2.25. The molecule has 1 heterocycles. The molecule has 0 atom stereocenters. The van der Waals surface area contributed by atoms with E-state index in [9.17, 15) is 4.79 Å². The van der Waals surface area contributed by atoms with E-state index in [0.29, 0.717) is 0 Å². The number of ether oxygens (including phenoxy) is 1. The van der Waals surface area contributed by atoms with Gasteiger partial charge in [-0.25, -0.2) is 4.79 Å². The second-order valence-corrected chi connectivity index (χ2v) is 7.93. The number of carbonyl (C=O) groups is 1. The molecule has 1 amide bonds. The molecule has 1 aromatic rings. The maximum absolute atomic E-state index is 12.0. The van der Waals surface area contributed by atoms with Gasteiger partial charge in [0.05, 0.1) is 0 Å². The topological polar surface area (TPSA) is 32.8 Å². The van der Waals surface area contributed by atoms with E-state index in [4.69, 9.17) is 4.74 Å². The summed E-state index contributed by atoms with van der Waals surface area (Å²) in [6, 6.07) is 8.68. The molecule has 0 aliphatic carbocycles. The summed E-state index contributed by atoms with van der Waals surface area (Å²) in [6.45, 7) is 10.1. The third-order valence-electron chi connectivity index (χ3n) is 3.65. The van der Waals surface area contributed by atoms with Gasteiger partial charge in [0.25, 0.3) is 0 Å². The number of hydrogen-bond donors (Lipinski definition) is 0. The van der Waals surface area contributed by atoms with Crippen molar-refractivity contribution in [3.8, 4) is 0 Å². The Morgan fingerprint density at radius 2 is 1.73 bits per heavy atom. The molecule has 0 saturated carbocycles. The normalized spacial score (nSPS) is 16.6. The summed E-state index contributed by atoms with van der Waals surface area (Å²) in [5.41, 5.74) is 0.953. The maximum Gasteiger partial charge on any atom is 0.410 e. The molecule has 1 saturated heterocycles. The molecule has 1 aromatic carbocycles. The van der Waals surface area contributed by atoms with Crippen molar-refractivity contribution in [2.75, 3.05) is 32.7 Å². The number of halogens is 1. The fourth-order valence-corrected chi connectivity index (χ4v) is 2.78. The van der Waals surface area contributed by atoms with E-state index >= 15 is 0 Å². The van der Waals surface area contributed by atoms with E-state index in [-0.39, 0.29) is 6.09 Å². The highest BCUT2D eigenvalue weighted by Crippen LogP contribution is 2.13. The SMILES string of the molecule is CC(C)(C)OC(=O)N1CCN(CCc2ccc(I)cc2)CC1. The summed E-state index contributed by atoms with van der Waals surface area (Å²) in [5.74, 6) is 0. The molecule has 122 valence electrons. The predicted octanol–water partition coefficient (Wildman–Crippen LogP) is 3.39. The van der Waals surface area contributed by atoms with Gasteiger partial charge in [0.15, 0.2) is 0 Å². The van der Waals surface area contributed by atoms with Crippen molar-refractivity contribution in [3.63, 3.8) is 0 Å². The summed E-state index contributed by atoms with van der Waals surface area (Å²) in [6.07, 6.45) is 0.869. The molecule has 1 fully saturated rings. The molecule has 0 N–H and O–H groups in total. The highest BCUT2D eigenvalue weighted by molar-refractivity contribution is 14.1. The fraction of sp³-hybridized carbons (Fsp3) is 0.588. The van der Waals surface area contributed by atoms with Crippen LogP contribution in [-0.2, 0) is 11.2 Å². The van der Waals surface area contributed by atoms with Crippen LogP contribution < -0.4 is 0 Å². The van der Waals surface area contributed by atoms with Crippen molar-refractivity contribution in [1.29, 1.82) is 0 Å². The van der Waals surface area contributed by atoms with Crippen molar-refractivity contribution in [2.45, 2.75) is 32.8 Å². The molecule has 5 heteroatoms. The largest absolute Gasteiger partial charge is 0.444 e. The number of rotatable bonds is 3. The van der Waals surface area contributed by atoms with Gasteiger partial charge in [0.2, 0.25) is 0 Å². The van der Waals surface area contributed by atoms with Crippen molar-refractivity contribution in [1.82, 2.24) is 9.80 Å². The van der Waals surface area contributed by atoms with Gasteiger partial charge in [0.1, 0.15) is 5.60 Å². The Morgan fingerprint density at radius 1 is 1.14 bits per heavy atom. The lowest BCUT2D eigenvalue weighted by atomic mass is 10.1. The van der Waals surface area contributed by atoms with Crippen LogP contribution in [0.4, 0.5) is 4.79 Å². The summed E-state index contributed by atoms with van der Waals surface area (Å²) in [4.78, 5) is 16.2. The third-order valence-corrected chi connectivity index (χ3v) is 4.37. The van der Waals surface area contributed by atoms with Crippen LogP contribution in [-0.4, -0.2) is 54.2 Å². The Hall–Kier alpha value is -0.820. The zero-order valence-corrected chi connectivity index (χ0v) is 15.8. The monoisotopic (exact) mass is 416 g/mol. The van der Waals surface area contributed by atoms with Crippen LogP contribution >= 0.6 is 22.6 Å². The van der Waals surface area contributed by atoms with Crippen molar-refractivity contribution in [3.05, 3.63) is 33.4 Å². The molecule has 4 nitrogen and oxygen atoms in total. The molecule has 1 aliphatic heterocycles. The van der Waals surface area contributed by atoms with Gasteiger partial charge in [-0.3, -0.25) is 4.90 Å². The number of piperazine rings is 1. The molecule has 0 unspecified atom stereocenters. The van der Waals surface area contributed by atoms with E-state index in [1.807, 2.05) is 25.7 Å². The quantitative estimate of drug-likeness (QED) is 0.709. The molecular formula is C17H25IN2O2. The summed E-state index contributed by atoms with van der Waals surface area (Å²) < 4.78 is 6.69. The number of amides is 1. The van der Waals surface area contributed by atoms with Crippen LogP contribution in [0.5, 0.6) is 0 Å². The van der Waals surface area contributed by atoms with E-state index in [2.05, 4.69) is 51.8 Å². The predicted molar refractivity (Wildman–Crippen MR) is 97.1 cm³/mol. The lowest BCUT2D eigenvalue weighted by molar-refractivity contribution is 0.0146. The van der Waals surface area contributed by atoms with Gasteiger partial charge < -0.3 is 9.64 Å². The average Bonchev–Trinajstić information content (AvgIpc) is 2.45. The van der Waals surface area contributed by atoms with Gasteiger partial charge in [-0.2, -0.15) is 0 Å². The Morgan fingerprint density at radius 3 is 2.27 bits per heavy atom. The average molecular weight is 416 g/mol. The summed E-state index contributed by atoms with van der Waals surface area (Å²) in [5, 5.41) is 0. The van der Waals surface area contributed by atoms with E-state index in [1.165, 1.54) is 9.13 Å². The second kappa shape index (κ2) is 7.64. The number of nitrogens with zero attached hydrogens (tertiary/aromatic N) is 2. The fourth-order valence-electron chi connectivity index (χ4n) is 2.42. The van der Waals surface area contributed by atoms with E-state index < -0.39 is 5.60 Å². The van der Waals surface area contributed by atoms with Crippen LogP contribution in [0.1, 0.15) is 26.3 Å². The Bertz CT molecular complexity index is 488. The van der Waals surface area contributed by atoms with Crippen molar-refractivity contribution < 1.29 is 9.53 Å². The zero-order valence-electron chi connectivity index (χ0n) is 13.6. The van der Waals surface area contributed by atoms with Crippen molar-refractivity contribution >= 4 is 28.7 Å². The number of benzene rings is 1. The van der Waals surface area contributed by atoms with E-state index in [0.717, 1.165) is 39.1 Å². The first-order chi connectivity index (χ1) is 10.3. The first kappa shape index (κ1) is 17.5. The highest BCUT2D eigenvalue weighted by atomic mass is 127. The molecule has 2 rings (SSSR count). The Labute approximate surface area is 146 Å². The van der Waals surface area contributed by atoms with Crippen LogP contribution in [0.15, 0.2) is 24.3 Å². The zero-order chi connectivity index (χ0) is 16.2. The van der Waals surface area contributed by atoms with Crippen LogP contribution in [0.25, 0.3) is 0 Å². The van der Waals surface area contributed by atoms with Gasteiger partial charge in [-0.05, 0) is 67.5 Å². The molecule has 0 spiro atoms. The lowest BCUT2D eigenvalue weighted by Crippen LogP contribution is -2.50. The number of hydrogen-bond acceptors (Lipinski definition) is 3. The molecular weight excluding hydrogens is 391 g/mol. The minimum Gasteiger partial charge on any atom is -0.444 e. The van der Waals surface area contributed by atoms with Gasteiger partial charge >= 0.3 is 6.09 Å². The minimum atomic E-state index is -0.418. The minimum absolute atomic E-state index is 0.190. The molecule has 1 aliphatic rings. The molecule has 0 radical (unpaired) electrons. The molecule has 0 bridgehead atoms. The first-order valence-corrected chi connectivity index (χ1v) is 8.86. The van der Waals surface area contributed by atoms with Gasteiger partial charge in [-0.1, -0.05) is 12.1 Å². The van der Waals surface area contributed by atoms with Gasteiger partial charge in [-0.15, -0.1) is 0 Å². The second-order valence-electron chi connectivity index (χ2n) is 6.69. The summed E-state index contributed by atoms with van der Waals surface area (Å²) >= 11 is 2.33. The maximum atomic E-state index is 12.0.